The van der Waals surface area contributed by atoms with E-state index in [9.17, 15) is 4.79 Å². The zero-order valence-corrected chi connectivity index (χ0v) is 20.2. The van der Waals surface area contributed by atoms with E-state index in [0.717, 1.165) is 61.6 Å². The van der Waals surface area contributed by atoms with Crippen molar-refractivity contribution in [1.82, 2.24) is 5.16 Å². The number of quaternary nitrogens is 1. The van der Waals surface area contributed by atoms with Gasteiger partial charge >= 0.3 is 5.97 Å². The van der Waals surface area contributed by atoms with Crippen LogP contribution in [-0.4, -0.2) is 54.1 Å². The van der Waals surface area contributed by atoms with E-state index in [-0.39, 0.29) is 35.8 Å². The van der Waals surface area contributed by atoms with Gasteiger partial charge in [-0.2, -0.15) is 0 Å². The molecular formula is C23H32IN3O3. The number of aryl methyl sites for hydroxylation is 2. The lowest BCUT2D eigenvalue weighted by Gasteiger charge is -2.39. The number of rotatable bonds is 4. The van der Waals surface area contributed by atoms with Crippen LogP contribution in [0.3, 0.4) is 0 Å². The Kier molecular flexibility index (Phi) is 7.55. The molecule has 0 spiro atoms. The first-order chi connectivity index (χ1) is 14.0. The van der Waals surface area contributed by atoms with E-state index in [2.05, 4.69) is 25.2 Å². The van der Waals surface area contributed by atoms with Gasteiger partial charge in [0.05, 0.1) is 32.1 Å². The van der Waals surface area contributed by atoms with E-state index in [1.165, 1.54) is 30.4 Å². The third kappa shape index (κ3) is 4.72. The normalized spacial score (nSPS) is 24.3. The molecule has 4 rings (SSSR count). The zero-order valence-electron chi connectivity index (χ0n) is 18.0. The van der Waals surface area contributed by atoms with Gasteiger partial charge in [-0.25, -0.2) is 4.79 Å². The third-order valence-electron chi connectivity index (χ3n) is 6.93. The van der Waals surface area contributed by atoms with Gasteiger partial charge in [0.1, 0.15) is 11.8 Å². The van der Waals surface area contributed by atoms with Gasteiger partial charge in [-0.1, -0.05) is 24.1 Å². The van der Waals surface area contributed by atoms with E-state index in [1.807, 2.05) is 6.07 Å². The smallest absolute Gasteiger partial charge is 0.358 e. The first-order valence-electron chi connectivity index (χ1n) is 11.0. The van der Waals surface area contributed by atoms with Crippen molar-refractivity contribution in [3.63, 3.8) is 0 Å². The number of carbonyl (C=O) groups excluding carboxylic acids is 1. The molecule has 1 aromatic carbocycles. The van der Waals surface area contributed by atoms with Gasteiger partial charge in [0, 0.05) is 12.8 Å². The Labute approximate surface area is 195 Å². The molecule has 2 aromatic rings. The highest BCUT2D eigenvalue weighted by atomic mass is 127. The number of nitrogens with zero attached hydrogens (tertiary/aromatic N) is 2. The second kappa shape index (κ2) is 9.77. The van der Waals surface area contributed by atoms with Gasteiger partial charge in [0.2, 0.25) is 0 Å². The van der Waals surface area contributed by atoms with Crippen molar-refractivity contribution in [2.24, 2.45) is 0 Å². The Bertz CT molecular complexity index is 916. The molecule has 1 N–H and O–H groups in total. The molecule has 2 aliphatic rings. The van der Waals surface area contributed by atoms with Gasteiger partial charge in [0.15, 0.2) is 11.3 Å². The van der Waals surface area contributed by atoms with Crippen molar-refractivity contribution in [2.75, 3.05) is 26.7 Å². The monoisotopic (exact) mass is 525 g/mol. The average Bonchev–Trinajstić information content (AvgIpc) is 3.13. The van der Waals surface area contributed by atoms with E-state index in [0.29, 0.717) is 11.3 Å². The zero-order chi connectivity index (χ0) is 20.4. The van der Waals surface area contributed by atoms with Crippen LogP contribution in [0.2, 0.25) is 0 Å². The number of fused-ring (bicyclic) bond motifs is 3. The van der Waals surface area contributed by atoms with Gasteiger partial charge in [0.25, 0.3) is 0 Å². The molecule has 0 unspecified atom stereocenters. The molecule has 1 aliphatic carbocycles. The summed E-state index contributed by atoms with van der Waals surface area (Å²) in [7, 11) is 2.25. The summed E-state index contributed by atoms with van der Waals surface area (Å²) in [6.45, 7) is 5.29. The second-order valence-electron chi connectivity index (χ2n) is 8.88. The lowest BCUT2D eigenvalue weighted by atomic mass is 9.90. The SMILES string of the molecule is CC[N+]1(C)CCC(OC(=O)C(=N)c2noc3ccc4c(c23)CCCCCC4)CC1.[I-]. The lowest BCUT2D eigenvalue weighted by molar-refractivity contribution is -0.913. The van der Waals surface area contributed by atoms with Crippen LogP contribution in [0.5, 0.6) is 0 Å². The number of halogens is 1. The largest absolute Gasteiger partial charge is 1.00 e. The molecule has 0 amide bonds. The third-order valence-corrected chi connectivity index (χ3v) is 6.93. The standard InChI is InChI=1S/C23H32N3O3.HI/c1-3-26(2)14-12-17(13-15-26)28-23(27)21(24)22-20-18-9-7-5-4-6-8-16(18)10-11-19(20)29-25-22;/h10-11,17,24H,3-9,12-15H2,1-2H3;1H/q+1;/p-1. The molecule has 2 heterocycles. The number of esters is 1. The predicted molar refractivity (Wildman–Crippen MR) is 112 cm³/mol. The number of piperidine rings is 1. The Morgan fingerprint density at radius 2 is 1.90 bits per heavy atom. The van der Waals surface area contributed by atoms with Crippen LogP contribution in [0.4, 0.5) is 0 Å². The maximum Gasteiger partial charge on any atom is 0.358 e. The molecule has 0 saturated carbocycles. The van der Waals surface area contributed by atoms with Gasteiger partial charge in [-0.05, 0) is 49.8 Å². The van der Waals surface area contributed by atoms with E-state index in [4.69, 9.17) is 14.7 Å². The number of carbonyl (C=O) groups is 1. The van der Waals surface area contributed by atoms with E-state index in [1.54, 1.807) is 0 Å². The molecule has 30 heavy (non-hydrogen) atoms. The molecule has 6 nitrogen and oxygen atoms in total. The van der Waals surface area contributed by atoms with Crippen LogP contribution in [0.25, 0.3) is 11.0 Å². The topological polar surface area (TPSA) is 76.2 Å². The summed E-state index contributed by atoms with van der Waals surface area (Å²) in [4.78, 5) is 12.7. The van der Waals surface area contributed by atoms with Crippen molar-refractivity contribution >= 4 is 22.7 Å². The van der Waals surface area contributed by atoms with Crippen molar-refractivity contribution < 1.29 is 42.5 Å². The molecule has 7 heteroatoms. The summed E-state index contributed by atoms with van der Waals surface area (Å²) < 4.78 is 12.2. The quantitative estimate of drug-likeness (QED) is 0.280. The number of nitrogens with one attached hydrogen (secondary N) is 1. The Hall–Kier alpha value is -1.48. The van der Waals surface area contributed by atoms with Crippen LogP contribution in [0.1, 0.15) is 62.3 Å². The van der Waals surface area contributed by atoms with Crippen molar-refractivity contribution in [2.45, 2.75) is 64.4 Å². The van der Waals surface area contributed by atoms with Gasteiger partial charge < -0.3 is 37.7 Å². The van der Waals surface area contributed by atoms with Crippen LogP contribution in [-0.2, 0) is 22.4 Å². The number of benzene rings is 1. The van der Waals surface area contributed by atoms with E-state index >= 15 is 0 Å². The number of likely N-dealkylation sites (tertiary alicyclic amines) is 1. The Morgan fingerprint density at radius 3 is 2.60 bits per heavy atom. The fourth-order valence-corrected chi connectivity index (χ4v) is 4.72. The summed E-state index contributed by atoms with van der Waals surface area (Å²) >= 11 is 0. The second-order valence-corrected chi connectivity index (χ2v) is 8.88. The molecule has 1 fully saturated rings. The maximum absolute atomic E-state index is 12.7. The number of hydrogen-bond acceptors (Lipinski definition) is 5. The summed E-state index contributed by atoms with van der Waals surface area (Å²) in [5.74, 6) is -0.582. The molecular weight excluding hydrogens is 493 g/mol. The fourth-order valence-electron chi connectivity index (χ4n) is 4.72. The van der Waals surface area contributed by atoms with Crippen LogP contribution >= 0.6 is 0 Å². The summed E-state index contributed by atoms with van der Waals surface area (Å²) in [5.41, 5.74) is 3.31. The highest BCUT2D eigenvalue weighted by Crippen LogP contribution is 2.31. The van der Waals surface area contributed by atoms with Crippen LogP contribution in [0, 0.1) is 5.41 Å². The summed E-state index contributed by atoms with van der Waals surface area (Å²) in [5, 5.41) is 13.4. The number of ether oxygens (including phenoxy) is 1. The highest BCUT2D eigenvalue weighted by Gasteiger charge is 2.32. The minimum absolute atomic E-state index is 0. The molecule has 1 aliphatic heterocycles. The molecule has 1 saturated heterocycles. The van der Waals surface area contributed by atoms with Crippen molar-refractivity contribution in [3.8, 4) is 0 Å². The Morgan fingerprint density at radius 1 is 1.20 bits per heavy atom. The Balaban J connectivity index is 0.00000256. The first-order valence-corrected chi connectivity index (χ1v) is 11.0. The van der Waals surface area contributed by atoms with Crippen molar-refractivity contribution in [1.29, 1.82) is 5.41 Å². The van der Waals surface area contributed by atoms with Gasteiger partial charge in [-0.3, -0.25) is 5.41 Å². The minimum Gasteiger partial charge on any atom is -1.00 e. The average molecular weight is 525 g/mol. The molecule has 0 atom stereocenters. The molecule has 1 aromatic heterocycles. The number of aromatic nitrogens is 1. The number of hydrogen-bond donors (Lipinski definition) is 1. The van der Waals surface area contributed by atoms with Crippen LogP contribution in [0.15, 0.2) is 16.7 Å². The summed E-state index contributed by atoms with van der Waals surface area (Å²) in [6.07, 6.45) is 8.32. The van der Waals surface area contributed by atoms with E-state index < -0.39 is 5.97 Å². The lowest BCUT2D eigenvalue weighted by Crippen LogP contribution is -3.00. The molecule has 0 bridgehead atoms. The summed E-state index contributed by atoms with van der Waals surface area (Å²) in [6, 6.07) is 4.04. The first kappa shape index (κ1) is 23.2. The maximum atomic E-state index is 12.7. The fraction of sp³-hybridized carbons (Fsp3) is 0.609. The van der Waals surface area contributed by atoms with Gasteiger partial charge in [-0.15, -0.1) is 0 Å². The highest BCUT2D eigenvalue weighted by molar-refractivity contribution is 6.43. The van der Waals surface area contributed by atoms with Crippen LogP contribution < -0.4 is 24.0 Å². The molecule has 0 radical (unpaired) electrons. The molecule has 164 valence electrons. The minimum atomic E-state index is -0.582. The predicted octanol–water partition coefficient (Wildman–Crippen LogP) is 1.03. The van der Waals surface area contributed by atoms with Crippen molar-refractivity contribution in [3.05, 3.63) is 29.0 Å².